The van der Waals surface area contributed by atoms with Crippen LogP contribution in [0.25, 0.3) is 0 Å². The van der Waals surface area contributed by atoms with Crippen LogP contribution in [0, 0.1) is 12.8 Å². The Hall–Kier alpha value is -0.430. The third-order valence-electron chi connectivity index (χ3n) is 3.90. The van der Waals surface area contributed by atoms with Gasteiger partial charge in [0.05, 0.1) is 4.90 Å². The summed E-state index contributed by atoms with van der Waals surface area (Å²) in [4.78, 5) is 0.364. The largest absolute Gasteiger partial charge is 0.328 e. The third kappa shape index (κ3) is 3.42. The molecule has 1 heterocycles. The summed E-state index contributed by atoms with van der Waals surface area (Å²) >= 11 is 3.36. The van der Waals surface area contributed by atoms with Gasteiger partial charge in [-0.05, 0) is 56.4 Å². The quantitative estimate of drug-likeness (QED) is 0.900. The first-order valence-corrected chi connectivity index (χ1v) is 9.07. The van der Waals surface area contributed by atoms with E-state index in [2.05, 4.69) is 15.9 Å². The van der Waals surface area contributed by atoms with E-state index in [-0.39, 0.29) is 6.04 Å². The molecule has 6 heteroatoms. The lowest BCUT2D eigenvalue weighted by molar-refractivity contribution is 0.250. The first kappa shape index (κ1) is 15.9. The van der Waals surface area contributed by atoms with Crippen molar-refractivity contribution >= 4 is 26.0 Å². The molecule has 0 bridgehead atoms. The van der Waals surface area contributed by atoms with Crippen molar-refractivity contribution in [3.8, 4) is 0 Å². The van der Waals surface area contributed by atoms with Crippen LogP contribution in [0.5, 0.6) is 0 Å². The van der Waals surface area contributed by atoms with Crippen LogP contribution in [-0.2, 0) is 10.0 Å². The van der Waals surface area contributed by atoms with Crippen LogP contribution in [0.15, 0.2) is 27.6 Å². The van der Waals surface area contributed by atoms with Crippen LogP contribution in [-0.4, -0.2) is 31.9 Å². The highest BCUT2D eigenvalue weighted by Crippen LogP contribution is 2.27. The molecule has 0 spiro atoms. The van der Waals surface area contributed by atoms with E-state index < -0.39 is 10.0 Å². The molecule has 1 aromatic carbocycles. The molecule has 0 saturated carbocycles. The maximum absolute atomic E-state index is 12.6. The molecule has 1 aromatic rings. The zero-order valence-electron chi connectivity index (χ0n) is 11.8. The smallest absolute Gasteiger partial charge is 0.243 e. The van der Waals surface area contributed by atoms with E-state index in [1.807, 2.05) is 19.9 Å². The number of aryl methyl sites for hydroxylation is 1. The fraction of sp³-hybridized carbons (Fsp3) is 0.571. The lowest BCUT2D eigenvalue weighted by Gasteiger charge is -2.33. The van der Waals surface area contributed by atoms with Gasteiger partial charge in [-0.3, -0.25) is 0 Å². The van der Waals surface area contributed by atoms with Gasteiger partial charge in [0.15, 0.2) is 0 Å². The molecule has 1 fully saturated rings. The van der Waals surface area contributed by atoms with Crippen molar-refractivity contribution < 1.29 is 8.42 Å². The number of hydrogen-bond acceptors (Lipinski definition) is 3. The van der Waals surface area contributed by atoms with Crippen LogP contribution in [0.4, 0.5) is 0 Å². The number of piperidine rings is 1. The molecule has 20 heavy (non-hydrogen) atoms. The van der Waals surface area contributed by atoms with Crippen LogP contribution in [0.1, 0.15) is 25.3 Å². The average Bonchev–Trinajstić information content (AvgIpc) is 2.37. The van der Waals surface area contributed by atoms with Crippen molar-refractivity contribution in [3.63, 3.8) is 0 Å². The van der Waals surface area contributed by atoms with E-state index >= 15 is 0 Å². The van der Waals surface area contributed by atoms with Gasteiger partial charge in [-0.2, -0.15) is 4.31 Å². The molecule has 0 amide bonds. The highest BCUT2D eigenvalue weighted by molar-refractivity contribution is 9.10. The minimum absolute atomic E-state index is 0.132. The van der Waals surface area contributed by atoms with Crippen molar-refractivity contribution in [2.45, 2.75) is 37.6 Å². The average molecular weight is 361 g/mol. The third-order valence-corrected chi connectivity index (χ3v) is 6.23. The van der Waals surface area contributed by atoms with Gasteiger partial charge in [-0.1, -0.05) is 15.9 Å². The number of hydrogen-bond donors (Lipinski definition) is 1. The number of nitrogens with zero attached hydrogens (tertiary/aromatic N) is 1. The molecule has 0 aromatic heterocycles. The molecule has 0 aliphatic carbocycles. The molecule has 2 N–H and O–H groups in total. The predicted molar refractivity (Wildman–Crippen MR) is 84.0 cm³/mol. The Kier molecular flexibility index (Phi) is 4.89. The van der Waals surface area contributed by atoms with Gasteiger partial charge < -0.3 is 5.73 Å². The first-order valence-electron chi connectivity index (χ1n) is 6.83. The van der Waals surface area contributed by atoms with Crippen LogP contribution in [0.2, 0.25) is 0 Å². The maximum atomic E-state index is 12.6. The number of sulfonamides is 1. The standard InChI is InChI=1S/C14H21BrN2O2S/c1-10-7-13(15)9-14(8-10)20(18,19)17-5-3-12(4-6-17)11(2)16/h7-9,11-12H,3-6,16H2,1-2H3. The van der Waals surface area contributed by atoms with Crippen molar-refractivity contribution in [1.82, 2.24) is 4.31 Å². The summed E-state index contributed by atoms with van der Waals surface area (Å²) in [6.45, 7) is 5.00. The molecular formula is C14H21BrN2O2S. The second kappa shape index (κ2) is 6.13. The van der Waals surface area contributed by atoms with Gasteiger partial charge in [0, 0.05) is 23.6 Å². The van der Waals surface area contributed by atoms with Gasteiger partial charge in [-0.25, -0.2) is 8.42 Å². The van der Waals surface area contributed by atoms with E-state index in [0.717, 1.165) is 22.9 Å². The fourth-order valence-electron chi connectivity index (χ4n) is 2.64. The first-order chi connectivity index (χ1) is 9.30. The molecule has 1 saturated heterocycles. The van der Waals surface area contributed by atoms with Gasteiger partial charge in [-0.15, -0.1) is 0 Å². The van der Waals surface area contributed by atoms with Crippen molar-refractivity contribution in [2.24, 2.45) is 11.7 Å². The Bertz CT molecular complexity index is 559. The Morgan fingerprint density at radius 3 is 2.40 bits per heavy atom. The molecule has 112 valence electrons. The van der Waals surface area contributed by atoms with E-state index in [0.29, 0.717) is 23.9 Å². The highest BCUT2D eigenvalue weighted by atomic mass is 79.9. The Morgan fingerprint density at radius 2 is 1.90 bits per heavy atom. The number of rotatable bonds is 3. The molecule has 1 aliphatic heterocycles. The second-order valence-corrected chi connectivity index (χ2v) is 8.42. The predicted octanol–water partition coefficient (Wildman–Crippen LogP) is 2.51. The summed E-state index contributed by atoms with van der Waals surface area (Å²) in [6, 6.07) is 5.42. The zero-order chi connectivity index (χ0) is 14.9. The normalized spacial score (nSPS) is 20.0. The fourth-order valence-corrected chi connectivity index (χ4v) is 5.00. The second-order valence-electron chi connectivity index (χ2n) is 5.56. The van der Waals surface area contributed by atoms with Crippen LogP contribution >= 0.6 is 15.9 Å². The maximum Gasteiger partial charge on any atom is 0.243 e. The van der Waals surface area contributed by atoms with Crippen molar-refractivity contribution in [3.05, 3.63) is 28.2 Å². The molecule has 0 radical (unpaired) electrons. The topological polar surface area (TPSA) is 63.4 Å². The Balaban J connectivity index is 2.19. The number of benzene rings is 1. The summed E-state index contributed by atoms with van der Waals surface area (Å²) < 4.78 is 27.7. The van der Waals surface area contributed by atoms with E-state index in [1.54, 1.807) is 16.4 Å². The summed E-state index contributed by atoms with van der Waals surface area (Å²) in [5, 5.41) is 0. The minimum atomic E-state index is -3.39. The molecular weight excluding hydrogens is 340 g/mol. The minimum Gasteiger partial charge on any atom is -0.328 e. The summed E-state index contributed by atoms with van der Waals surface area (Å²) in [7, 11) is -3.39. The van der Waals surface area contributed by atoms with Gasteiger partial charge in [0.2, 0.25) is 10.0 Å². The highest BCUT2D eigenvalue weighted by Gasteiger charge is 2.30. The zero-order valence-corrected chi connectivity index (χ0v) is 14.2. The SMILES string of the molecule is Cc1cc(Br)cc(S(=O)(=O)N2CCC(C(C)N)CC2)c1. The molecule has 4 nitrogen and oxygen atoms in total. The van der Waals surface area contributed by atoms with Gasteiger partial charge in [0.25, 0.3) is 0 Å². The summed E-state index contributed by atoms with van der Waals surface area (Å²) in [6.07, 6.45) is 1.67. The number of nitrogens with two attached hydrogens (primary N) is 1. The summed E-state index contributed by atoms with van der Waals surface area (Å²) in [5.41, 5.74) is 6.83. The lowest BCUT2D eigenvalue weighted by atomic mass is 9.92. The van der Waals surface area contributed by atoms with E-state index in [9.17, 15) is 8.42 Å². The van der Waals surface area contributed by atoms with Crippen molar-refractivity contribution in [2.75, 3.05) is 13.1 Å². The lowest BCUT2D eigenvalue weighted by Crippen LogP contribution is -2.42. The van der Waals surface area contributed by atoms with Crippen LogP contribution < -0.4 is 5.73 Å². The van der Waals surface area contributed by atoms with Gasteiger partial charge in [0.1, 0.15) is 0 Å². The monoisotopic (exact) mass is 360 g/mol. The summed E-state index contributed by atoms with van der Waals surface area (Å²) in [5.74, 6) is 0.422. The van der Waals surface area contributed by atoms with E-state index in [4.69, 9.17) is 5.73 Å². The van der Waals surface area contributed by atoms with Crippen molar-refractivity contribution in [1.29, 1.82) is 0 Å². The molecule has 1 aliphatic rings. The Morgan fingerprint density at radius 1 is 1.30 bits per heavy atom. The van der Waals surface area contributed by atoms with Gasteiger partial charge >= 0.3 is 0 Å². The molecule has 1 atom stereocenters. The van der Waals surface area contributed by atoms with E-state index in [1.165, 1.54) is 0 Å². The number of halogens is 1. The molecule has 1 unspecified atom stereocenters. The molecule has 2 rings (SSSR count). The Labute approximate surface area is 129 Å². The van der Waals surface area contributed by atoms with Crippen LogP contribution in [0.3, 0.4) is 0 Å².